The number of Topliss-reactive ketones (excluding diaryl/α,β-unsaturated/α-hetero) is 1. The van der Waals surface area contributed by atoms with Gasteiger partial charge in [0.1, 0.15) is 5.60 Å². The van der Waals surface area contributed by atoms with Gasteiger partial charge in [-0.15, -0.1) is 0 Å². The summed E-state index contributed by atoms with van der Waals surface area (Å²) in [6, 6.07) is 0. The summed E-state index contributed by atoms with van der Waals surface area (Å²) in [6.45, 7) is 10.2. The smallest absolute Gasteiger partial charge is 0.607 e. The largest absolute Gasteiger partial charge is 1.00 e. The third-order valence-electron chi connectivity index (χ3n) is 2.32. The summed E-state index contributed by atoms with van der Waals surface area (Å²) in [7, 11) is 0. The van der Waals surface area contributed by atoms with Crippen LogP contribution in [-0.4, -0.2) is 41.1 Å². The van der Waals surface area contributed by atoms with Crippen LogP contribution in [0.5, 0.6) is 0 Å². The molecule has 0 aromatic rings. The van der Waals surface area contributed by atoms with Crippen LogP contribution < -0.4 is 56.5 Å². The van der Waals surface area contributed by atoms with Gasteiger partial charge in [0.05, 0.1) is 19.0 Å². The van der Waals surface area contributed by atoms with E-state index in [2.05, 4.69) is 0 Å². The van der Waals surface area contributed by atoms with Gasteiger partial charge in [-0.1, -0.05) is 20.8 Å². The van der Waals surface area contributed by atoms with E-state index >= 15 is 0 Å². The minimum atomic E-state index is -0.677. The molecule has 1 heterocycles. The molecule has 1 amide bonds. The van der Waals surface area contributed by atoms with Crippen LogP contribution in [0.2, 0.25) is 0 Å². The maximum Gasteiger partial charge on any atom is 1.00 e. The summed E-state index contributed by atoms with van der Waals surface area (Å²) >= 11 is 0. The van der Waals surface area contributed by atoms with Crippen LogP contribution in [0.4, 0.5) is 4.79 Å². The Morgan fingerprint density at radius 3 is 1.95 bits per heavy atom. The average Bonchev–Trinajstić information content (AvgIpc) is 2.55. The third-order valence-corrected chi connectivity index (χ3v) is 2.32. The second-order valence-electron chi connectivity index (χ2n) is 6.74. The second-order valence-corrected chi connectivity index (χ2v) is 6.74. The van der Waals surface area contributed by atoms with Crippen LogP contribution in [0.1, 0.15) is 41.5 Å². The van der Waals surface area contributed by atoms with E-state index in [1.807, 2.05) is 0 Å². The van der Waals surface area contributed by atoms with Crippen molar-refractivity contribution in [1.29, 1.82) is 0 Å². The summed E-state index contributed by atoms with van der Waals surface area (Å²) in [5.41, 5.74) is -1.33. The van der Waals surface area contributed by atoms with Crippen molar-refractivity contribution in [1.82, 2.24) is 4.90 Å². The van der Waals surface area contributed by atoms with E-state index in [0.717, 1.165) is 0 Å². The molecule has 1 saturated heterocycles. The molecule has 114 valence electrons. The average molecular weight is 323 g/mol. The first-order valence-electron chi connectivity index (χ1n) is 6.49. The standard InChI is InChI=1S/C14H23NO5.K/c1-13(2,3)19-11(17)9-7-15(8-10(9)16)12(18)20-14(4,5)6;/h17H,7-8H2,1-6H3;/q;+1/p-1/b11-9+;. The van der Waals surface area contributed by atoms with Gasteiger partial charge in [-0.25, -0.2) is 4.79 Å². The quantitative estimate of drug-likeness (QED) is 0.323. The first-order chi connectivity index (χ1) is 8.89. The summed E-state index contributed by atoms with van der Waals surface area (Å²) in [4.78, 5) is 24.8. The molecule has 7 heteroatoms. The van der Waals surface area contributed by atoms with Crippen LogP contribution in [0.3, 0.4) is 0 Å². The van der Waals surface area contributed by atoms with E-state index in [0.29, 0.717) is 0 Å². The molecule has 1 aliphatic heterocycles. The van der Waals surface area contributed by atoms with Crippen LogP contribution >= 0.6 is 0 Å². The predicted molar refractivity (Wildman–Crippen MR) is 70.7 cm³/mol. The van der Waals surface area contributed by atoms with Gasteiger partial charge in [0.15, 0.2) is 5.78 Å². The van der Waals surface area contributed by atoms with Gasteiger partial charge in [0, 0.05) is 11.2 Å². The normalized spacial score (nSPS) is 18.2. The number of nitrogens with zero attached hydrogens (tertiary/aromatic N) is 1. The number of hydrogen-bond donors (Lipinski definition) is 0. The van der Waals surface area contributed by atoms with Crippen molar-refractivity contribution >= 4 is 11.9 Å². The maximum atomic E-state index is 11.9. The van der Waals surface area contributed by atoms with Gasteiger partial charge in [-0.2, -0.15) is 0 Å². The minimum Gasteiger partial charge on any atom is -0.607 e. The molecule has 0 bridgehead atoms. The minimum absolute atomic E-state index is 0. The molecular formula is C14H22KNO5. The Bertz CT molecular complexity index is 445. The number of carbonyl (C=O) groups excluding carboxylic acids is 2. The predicted octanol–water partition coefficient (Wildman–Crippen LogP) is -1.80. The monoisotopic (exact) mass is 323 g/mol. The fourth-order valence-electron chi connectivity index (χ4n) is 1.58. The number of ether oxygens (including phenoxy) is 2. The van der Waals surface area contributed by atoms with Crippen molar-refractivity contribution in [3.63, 3.8) is 0 Å². The molecule has 0 aliphatic carbocycles. The number of rotatable bonds is 1. The zero-order chi connectivity index (χ0) is 15.7. The topological polar surface area (TPSA) is 78.9 Å². The Kier molecular flexibility index (Phi) is 7.43. The zero-order valence-corrected chi connectivity index (χ0v) is 17.0. The molecule has 0 aromatic carbocycles. The van der Waals surface area contributed by atoms with E-state index in [9.17, 15) is 14.7 Å². The molecule has 0 N–H and O–H groups in total. The van der Waals surface area contributed by atoms with Crippen LogP contribution in [0, 0.1) is 0 Å². The van der Waals surface area contributed by atoms with Gasteiger partial charge < -0.3 is 14.6 Å². The Labute approximate surface area is 168 Å². The fraction of sp³-hybridized carbons (Fsp3) is 0.714. The fourth-order valence-corrected chi connectivity index (χ4v) is 1.58. The zero-order valence-electron chi connectivity index (χ0n) is 13.9. The van der Waals surface area contributed by atoms with Crippen molar-refractivity contribution in [3.8, 4) is 0 Å². The number of ketones is 1. The summed E-state index contributed by atoms with van der Waals surface area (Å²) in [6.07, 6.45) is -0.607. The third kappa shape index (κ3) is 7.14. The molecule has 0 atom stereocenters. The van der Waals surface area contributed by atoms with Gasteiger partial charge in [0.2, 0.25) is 0 Å². The van der Waals surface area contributed by atoms with Crippen molar-refractivity contribution in [2.75, 3.05) is 13.1 Å². The first-order valence-corrected chi connectivity index (χ1v) is 6.49. The SMILES string of the molecule is CC(C)(C)OC(=O)N1CC(=O)/C(=C(\[O-])OC(C)(C)C)C1.[K+]. The Hall–Kier alpha value is -0.0836. The summed E-state index contributed by atoms with van der Waals surface area (Å²) in [5, 5.41) is 11.9. The molecule has 0 saturated carbocycles. The number of hydrogen-bond acceptors (Lipinski definition) is 5. The second kappa shape index (κ2) is 7.46. The molecule has 0 spiro atoms. The van der Waals surface area contributed by atoms with Gasteiger partial charge >= 0.3 is 57.5 Å². The van der Waals surface area contributed by atoms with Gasteiger partial charge in [-0.05, 0) is 20.8 Å². The molecule has 1 aliphatic rings. The molecule has 1 rings (SSSR count). The Morgan fingerprint density at radius 1 is 1.05 bits per heavy atom. The van der Waals surface area contributed by atoms with Crippen LogP contribution in [-0.2, 0) is 14.3 Å². The molecule has 21 heavy (non-hydrogen) atoms. The summed E-state index contributed by atoms with van der Waals surface area (Å²) < 4.78 is 10.3. The van der Waals surface area contributed by atoms with E-state index < -0.39 is 29.0 Å². The maximum absolute atomic E-state index is 11.9. The van der Waals surface area contributed by atoms with E-state index in [4.69, 9.17) is 9.47 Å². The first kappa shape index (κ1) is 20.9. The molecule has 0 radical (unpaired) electrons. The summed E-state index contributed by atoms with van der Waals surface area (Å²) in [5.74, 6) is -1.07. The number of likely N-dealkylation sites (tertiary alicyclic amines) is 1. The molecule has 0 unspecified atom stereocenters. The van der Waals surface area contributed by atoms with Gasteiger partial charge in [0.25, 0.3) is 0 Å². The molecular weight excluding hydrogens is 301 g/mol. The molecule has 0 aromatic heterocycles. The Balaban J connectivity index is 0.00000400. The van der Waals surface area contributed by atoms with Gasteiger partial charge in [-0.3, -0.25) is 9.69 Å². The van der Waals surface area contributed by atoms with Crippen molar-refractivity contribution < 1.29 is 75.6 Å². The number of carbonyl (C=O) groups is 2. The van der Waals surface area contributed by atoms with E-state index in [-0.39, 0.29) is 70.0 Å². The molecule has 6 nitrogen and oxygen atoms in total. The number of amides is 1. The Morgan fingerprint density at radius 2 is 1.52 bits per heavy atom. The van der Waals surface area contributed by atoms with Crippen molar-refractivity contribution in [3.05, 3.63) is 11.5 Å². The van der Waals surface area contributed by atoms with Crippen molar-refractivity contribution in [2.45, 2.75) is 52.7 Å². The van der Waals surface area contributed by atoms with E-state index in [1.165, 1.54) is 4.90 Å². The van der Waals surface area contributed by atoms with Crippen molar-refractivity contribution in [2.24, 2.45) is 0 Å². The van der Waals surface area contributed by atoms with Crippen LogP contribution in [0.15, 0.2) is 11.5 Å². The van der Waals surface area contributed by atoms with E-state index in [1.54, 1.807) is 41.5 Å². The molecule has 1 fully saturated rings. The van der Waals surface area contributed by atoms with Crippen LogP contribution in [0.25, 0.3) is 0 Å².